The lowest BCUT2D eigenvalue weighted by Crippen LogP contribution is -2.26. The Labute approximate surface area is 143 Å². The first-order chi connectivity index (χ1) is 10.6. The number of halogens is 1. The first-order valence-corrected chi connectivity index (χ1v) is 8.32. The topological polar surface area (TPSA) is 44.9 Å². The van der Waals surface area contributed by atoms with Crippen molar-refractivity contribution in [3.05, 3.63) is 68.9 Å². The van der Waals surface area contributed by atoms with Crippen LogP contribution in [0.1, 0.15) is 21.5 Å². The van der Waals surface area contributed by atoms with E-state index in [1.807, 2.05) is 30.5 Å². The second-order valence-electron chi connectivity index (χ2n) is 5.35. The minimum absolute atomic E-state index is 0.0129. The van der Waals surface area contributed by atoms with Gasteiger partial charge in [0.1, 0.15) is 0 Å². The summed E-state index contributed by atoms with van der Waals surface area (Å²) in [4.78, 5) is 15.5. The molecule has 112 valence electrons. The Bertz CT molecular complexity index is 823. The van der Waals surface area contributed by atoms with Gasteiger partial charge in [-0.1, -0.05) is 23.8 Å². The summed E-state index contributed by atoms with van der Waals surface area (Å²) >= 11 is 2.19. The number of rotatable bonds is 4. The number of nitrogens with one attached hydrogen (secondary N) is 2. The van der Waals surface area contributed by atoms with Crippen molar-refractivity contribution in [3.63, 3.8) is 0 Å². The fourth-order valence-electron chi connectivity index (χ4n) is 2.55. The van der Waals surface area contributed by atoms with Gasteiger partial charge in [-0.05, 0) is 65.8 Å². The van der Waals surface area contributed by atoms with E-state index in [0.717, 1.165) is 21.1 Å². The van der Waals surface area contributed by atoms with Crippen LogP contribution < -0.4 is 5.32 Å². The third-order valence-electron chi connectivity index (χ3n) is 3.72. The number of carbonyl (C=O) groups excluding carboxylic acids is 1. The van der Waals surface area contributed by atoms with Crippen LogP contribution >= 0.6 is 22.6 Å². The normalized spacial score (nSPS) is 10.8. The Hall–Kier alpha value is -1.82. The van der Waals surface area contributed by atoms with Gasteiger partial charge in [-0.25, -0.2) is 0 Å². The van der Waals surface area contributed by atoms with Crippen LogP contribution in [0.15, 0.2) is 48.7 Å². The monoisotopic (exact) mass is 404 g/mol. The maximum Gasteiger partial charge on any atom is 0.252 e. The van der Waals surface area contributed by atoms with E-state index in [-0.39, 0.29) is 5.91 Å². The number of hydrogen-bond acceptors (Lipinski definition) is 1. The van der Waals surface area contributed by atoms with E-state index in [1.54, 1.807) is 0 Å². The summed E-state index contributed by atoms with van der Waals surface area (Å²) in [5.74, 6) is -0.0129. The molecular weight excluding hydrogens is 387 g/mol. The fourth-order valence-corrected chi connectivity index (χ4v) is 3.18. The highest BCUT2D eigenvalue weighted by Crippen LogP contribution is 2.20. The molecule has 1 heterocycles. The van der Waals surface area contributed by atoms with Gasteiger partial charge in [-0.2, -0.15) is 0 Å². The summed E-state index contributed by atoms with van der Waals surface area (Å²) in [6.45, 7) is 2.72. The number of aromatic nitrogens is 1. The van der Waals surface area contributed by atoms with E-state index in [1.165, 1.54) is 16.5 Å². The molecule has 0 radical (unpaired) electrons. The van der Waals surface area contributed by atoms with E-state index >= 15 is 0 Å². The summed E-state index contributed by atoms with van der Waals surface area (Å²) in [5, 5.41) is 4.24. The molecule has 0 aliphatic heterocycles. The molecule has 3 aromatic rings. The van der Waals surface area contributed by atoms with Gasteiger partial charge in [0.2, 0.25) is 0 Å². The number of amides is 1. The average Bonchev–Trinajstić information content (AvgIpc) is 2.90. The molecule has 0 aliphatic carbocycles. The zero-order chi connectivity index (χ0) is 15.5. The predicted octanol–water partition coefficient (Wildman–Crippen LogP) is 4.05. The van der Waals surface area contributed by atoms with Gasteiger partial charge in [0.15, 0.2) is 0 Å². The van der Waals surface area contributed by atoms with Gasteiger partial charge in [-0.3, -0.25) is 4.79 Å². The summed E-state index contributed by atoms with van der Waals surface area (Å²) in [6, 6.07) is 14.0. The number of aryl methyl sites for hydroxylation is 1. The predicted molar refractivity (Wildman–Crippen MR) is 98.2 cm³/mol. The lowest BCUT2D eigenvalue weighted by Gasteiger charge is -2.06. The third kappa shape index (κ3) is 3.16. The second kappa shape index (κ2) is 6.52. The van der Waals surface area contributed by atoms with Gasteiger partial charge in [0.05, 0.1) is 5.56 Å². The largest absolute Gasteiger partial charge is 0.361 e. The molecule has 3 rings (SSSR count). The molecule has 0 fully saturated rings. The van der Waals surface area contributed by atoms with E-state index in [9.17, 15) is 4.79 Å². The number of hydrogen-bond donors (Lipinski definition) is 2. The quantitative estimate of drug-likeness (QED) is 0.634. The molecule has 3 nitrogen and oxygen atoms in total. The molecule has 0 unspecified atom stereocenters. The standard InChI is InChI=1S/C18H17IN2O/c1-12-6-7-17-15(10-12)13(11-21-17)8-9-20-18(22)14-4-2-3-5-16(14)19/h2-7,10-11,21H,8-9H2,1H3,(H,20,22). The zero-order valence-corrected chi connectivity index (χ0v) is 14.5. The maximum absolute atomic E-state index is 12.2. The molecule has 0 saturated heterocycles. The van der Waals surface area contributed by atoms with Gasteiger partial charge in [-0.15, -0.1) is 0 Å². The molecule has 0 aliphatic rings. The van der Waals surface area contributed by atoms with Crippen molar-refractivity contribution in [1.82, 2.24) is 10.3 Å². The van der Waals surface area contributed by atoms with Crippen molar-refractivity contribution in [3.8, 4) is 0 Å². The molecule has 2 aromatic carbocycles. The highest BCUT2D eigenvalue weighted by Gasteiger charge is 2.09. The van der Waals surface area contributed by atoms with Gasteiger partial charge >= 0.3 is 0 Å². The number of carbonyl (C=O) groups is 1. The molecule has 0 spiro atoms. The van der Waals surface area contributed by atoms with E-state index in [2.05, 4.69) is 58.0 Å². The lowest BCUT2D eigenvalue weighted by molar-refractivity contribution is 0.0953. The van der Waals surface area contributed by atoms with Crippen LogP contribution in [0.5, 0.6) is 0 Å². The molecule has 0 saturated carbocycles. The zero-order valence-electron chi connectivity index (χ0n) is 12.3. The second-order valence-corrected chi connectivity index (χ2v) is 6.51. The summed E-state index contributed by atoms with van der Waals surface area (Å²) in [5.41, 5.74) is 4.36. The van der Waals surface area contributed by atoms with Crippen LogP contribution in [0.25, 0.3) is 10.9 Å². The van der Waals surface area contributed by atoms with Crippen molar-refractivity contribution in [2.45, 2.75) is 13.3 Å². The molecule has 0 bridgehead atoms. The van der Waals surface area contributed by atoms with Crippen molar-refractivity contribution >= 4 is 39.4 Å². The van der Waals surface area contributed by atoms with E-state index in [4.69, 9.17) is 0 Å². The Balaban J connectivity index is 1.66. The SMILES string of the molecule is Cc1ccc2[nH]cc(CCNC(=O)c3ccccc3I)c2c1. The molecule has 4 heteroatoms. The summed E-state index contributed by atoms with van der Waals surface area (Å²) in [6.07, 6.45) is 2.85. The number of aromatic amines is 1. The Morgan fingerprint density at radius 2 is 2.05 bits per heavy atom. The first-order valence-electron chi connectivity index (χ1n) is 7.24. The van der Waals surface area contributed by atoms with Gasteiger partial charge in [0.25, 0.3) is 5.91 Å². The molecule has 1 amide bonds. The summed E-state index contributed by atoms with van der Waals surface area (Å²) < 4.78 is 0.973. The molecular formula is C18H17IN2O. The van der Waals surface area contributed by atoms with Crippen LogP contribution in [-0.2, 0) is 6.42 Å². The van der Waals surface area contributed by atoms with Crippen LogP contribution in [0, 0.1) is 10.5 Å². The van der Waals surface area contributed by atoms with Crippen molar-refractivity contribution in [2.24, 2.45) is 0 Å². The van der Waals surface area contributed by atoms with Crippen molar-refractivity contribution in [2.75, 3.05) is 6.54 Å². The van der Waals surface area contributed by atoms with Gasteiger partial charge in [0, 0.05) is 27.2 Å². The first kappa shape index (κ1) is 15.1. The Morgan fingerprint density at radius 1 is 1.23 bits per heavy atom. The molecule has 2 N–H and O–H groups in total. The van der Waals surface area contributed by atoms with Crippen LogP contribution in [0.4, 0.5) is 0 Å². The molecule has 0 atom stereocenters. The third-order valence-corrected chi connectivity index (χ3v) is 4.66. The molecule has 1 aromatic heterocycles. The van der Waals surface area contributed by atoms with Crippen LogP contribution in [0.3, 0.4) is 0 Å². The van der Waals surface area contributed by atoms with Crippen LogP contribution in [0.2, 0.25) is 0 Å². The van der Waals surface area contributed by atoms with Crippen LogP contribution in [-0.4, -0.2) is 17.4 Å². The van der Waals surface area contributed by atoms with E-state index in [0.29, 0.717) is 6.54 Å². The minimum atomic E-state index is -0.0129. The summed E-state index contributed by atoms with van der Waals surface area (Å²) in [7, 11) is 0. The average molecular weight is 404 g/mol. The van der Waals surface area contributed by atoms with E-state index < -0.39 is 0 Å². The number of fused-ring (bicyclic) bond motifs is 1. The van der Waals surface area contributed by atoms with Crippen molar-refractivity contribution < 1.29 is 4.79 Å². The highest BCUT2D eigenvalue weighted by atomic mass is 127. The smallest absolute Gasteiger partial charge is 0.252 e. The molecule has 22 heavy (non-hydrogen) atoms. The maximum atomic E-state index is 12.2. The fraction of sp³-hybridized carbons (Fsp3) is 0.167. The lowest BCUT2D eigenvalue weighted by atomic mass is 10.1. The Morgan fingerprint density at radius 3 is 2.86 bits per heavy atom. The number of benzene rings is 2. The van der Waals surface area contributed by atoms with Gasteiger partial charge < -0.3 is 10.3 Å². The number of H-pyrrole nitrogens is 1. The van der Waals surface area contributed by atoms with Crippen molar-refractivity contribution in [1.29, 1.82) is 0 Å². The highest BCUT2D eigenvalue weighted by molar-refractivity contribution is 14.1. The minimum Gasteiger partial charge on any atom is -0.361 e. The Kier molecular flexibility index (Phi) is 4.47.